The number of rotatable bonds is 1. The second kappa shape index (κ2) is 5.41. The molecule has 120 valence electrons. The molecule has 0 amide bonds. The third-order valence-electron chi connectivity index (χ3n) is 4.18. The van der Waals surface area contributed by atoms with E-state index in [1.165, 1.54) is 5.39 Å². The van der Waals surface area contributed by atoms with Gasteiger partial charge in [0.1, 0.15) is 11.2 Å². The maximum Gasteiger partial charge on any atom is 0.227 e. The number of aromatic nitrogens is 3. The normalized spacial score (nSPS) is 11.6. The highest BCUT2D eigenvalue weighted by Gasteiger charge is 2.12. The molecule has 2 aromatic heterocycles. The van der Waals surface area contributed by atoms with E-state index in [0.717, 1.165) is 32.9 Å². The average molecular weight is 366 g/mol. The van der Waals surface area contributed by atoms with Gasteiger partial charge in [0, 0.05) is 16.3 Å². The van der Waals surface area contributed by atoms with Gasteiger partial charge < -0.3 is 4.42 Å². The molecule has 25 heavy (non-hydrogen) atoms. The van der Waals surface area contributed by atoms with Crippen LogP contribution in [0.4, 0.5) is 0 Å². The van der Waals surface area contributed by atoms with Gasteiger partial charge >= 0.3 is 0 Å². The highest BCUT2D eigenvalue weighted by Crippen LogP contribution is 2.34. The molecule has 0 saturated carbocycles. The van der Waals surface area contributed by atoms with Crippen molar-refractivity contribution in [1.29, 1.82) is 0 Å². The predicted molar refractivity (Wildman–Crippen MR) is 100 cm³/mol. The molecule has 2 heterocycles. The molecular formula is C19H9Cl2N3O. The summed E-state index contributed by atoms with van der Waals surface area (Å²) in [6, 6.07) is 18.2. The van der Waals surface area contributed by atoms with Crippen LogP contribution >= 0.6 is 23.2 Å². The number of furan rings is 1. The van der Waals surface area contributed by atoms with E-state index < -0.39 is 0 Å². The molecule has 0 unspecified atom stereocenters. The van der Waals surface area contributed by atoms with E-state index in [1.807, 2.05) is 30.3 Å². The van der Waals surface area contributed by atoms with Crippen LogP contribution in [0.1, 0.15) is 0 Å². The Labute approximate surface area is 152 Å². The lowest BCUT2D eigenvalue weighted by atomic mass is 10.1. The molecule has 0 bridgehead atoms. The lowest BCUT2D eigenvalue weighted by molar-refractivity contribution is 0.669. The third kappa shape index (κ3) is 2.42. The Morgan fingerprint density at radius 1 is 0.680 bits per heavy atom. The van der Waals surface area contributed by atoms with E-state index in [2.05, 4.69) is 39.2 Å². The minimum Gasteiger partial charge on any atom is -0.456 e. The van der Waals surface area contributed by atoms with Gasteiger partial charge in [0.25, 0.3) is 0 Å². The summed E-state index contributed by atoms with van der Waals surface area (Å²) in [6.07, 6.45) is 0. The van der Waals surface area contributed by atoms with Crippen molar-refractivity contribution in [2.45, 2.75) is 0 Å². The molecule has 6 heteroatoms. The maximum atomic E-state index is 6.05. The molecule has 5 rings (SSSR count). The van der Waals surface area contributed by atoms with Crippen molar-refractivity contribution in [3.63, 3.8) is 0 Å². The molecule has 0 saturated heterocycles. The monoisotopic (exact) mass is 365 g/mol. The second-order valence-electron chi connectivity index (χ2n) is 5.71. The van der Waals surface area contributed by atoms with Crippen LogP contribution in [0.15, 0.2) is 59.0 Å². The maximum absolute atomic E-state index is 6.05. The number of nitrogens with zero attached hydrogens (tertiary/aromatic N) is 3. The standard InChI is InChI=1S/C19H9Cl2N3O/c20-18-22-17(23-19(21)24-18)12-5-6-13-14-7-10-3-1-2-4-11(10)8-16(14)25-15(13)9-12/h1-9H. The zero-order valence-corrected chi connectivity index (χ0v) is 14.2. The lowest BCUT2D eigenvalue weighted by Gasteiger charge is -2.00. The highest BCUT2D eigenvalue weighted by atomic mass is 35.5. The van der Waals surface area contributed by atoms with Crippen LogP contribution in [-0.4, -0.2) is 15.0 Å². The Morgan fingerprint density at radius 2 is 1.36 bits per heavy atom. The quantitative estimate of drug-likeness (QED) is 0.371. The molecule has 5 aromatic rings. The van der Waals surface area contributed by atoms with E-state index in [1.54, 1.807) is 0 Å². The molecule has 3 aromatic carbocycles. The smallest absolute Gasteiger partial charge is 0.227 e. The highest BCUT2D eigenvalue weighted by molar-refractivity contribution is 6.31. The molecule has 0 atom stereocenters. The van der Waals surface area contributed by atoms with Crippen LogP contribution in [0, 0.1) is 0 Å². The molecule has 0 radical (unpaired) electrons. The molecule has 0 aliphatic carbocycles. The fourth-order valence-corrected chi connectivity index (χ4v) is 3.42. The molecule has 0 spiro atoms. The molecular weight excluding hydrogens is 357 g/mol. The van der Waals surface area contributed by atoms with Crippen LogP contribution in [0.2, 0.25) is 10.6 Å². The summed E-state index contributed by atoms with van der Waals surface area (Å²) in [7, 11) is 0. The Balaban J connectivity index is 1.76. The Hall–Kier alpha value is -2.69. The summed E-state index contributed by atoms with van der Waals surface area (Å²) in [5.74, 6) is 0.414. The Bertz CT molecular complexity index is 1260. The topological polar surface area (TPSA) is 51.8 Å². The fourth-order valence-electron chi connectivity index (χ4n) is 3.06. The second-order valence-corrected chi connectivity index (χ2v) is 6.38. The van der Waals surface area contributed by atoms with E-state index in [4.69, 9.17) is 27.6 Å². The van der Waals surface area contributed by atoms with Crippen LogP contribution < -0.4 is 0 Å². The van der Waals surface area contributed by atoms with Crippen molar-refractivity contribution in [2.24, 2.45) is 0 Å². The molecule has 0 aliphatic rings. The minimum atomic E-state index is 0.0611. The zero-order chi connectivity index (χ0) is 17.0. The van der Waals surface area contributed by atoms with Gasteiger partial charge in [-0.15, -0.1) is 0 Å². The molecule has 0 aliphatic heterocycles. The van der Waals surface area contributed by atoms with Gasteiger partial charge in [0.05, 0.1) is 0 Å². The van der Waals surface area contributed by atoms with E-state index >= 15 is 0 Å². The molecule has 0 N–H and O–H groups in total. The number of fused-ring (bicyclic) bond motifs is 4. The van der Waals surface area contributed by atoms with Crippen LogP contribution in [-0.2, 0) is 0 Å². The number of benzene rings is 3. The van der Waals surface area contributed by atoms with E-state index in [-0.39, 0.29) is 10.6 Å². The van der Waals surface area contributed by atoms with Crippen LogP contribution in [0.5, 0.6) is 0 Å². The molecule has 0 fully saturated rings. The average Bonchev–Trinajstić information content (AvgIpc) is 2.95. The largest absolute Gasteiger partial charge is 0.456 e. The summed E-state index contributed by atoms with van der Waals surface area (Å²) in [5, 5.41) is 4.56. The van der Waals surface area contributed by atoms with Gasteiger partial charge in [-0.3, -0.25) is 0 Å². The van der Waals surface area contributed by atoms with Gasteiger partial charge in [0.15, 0.2) is 5.82 Å². The number of halogens is 2. The molecule has 4 nitrogen and oxygen atoms in total. The zero-order valence-electron chi connectivity index (χ0n) is 12.7. The first kappa shape index (κ1) is 14.6. The van der Waals surface area contributed by atoms with Crippen LogP contribution in [0.3, 0.4) is 0 Å². The van der Waals surface area contributed by atoms with Crippen molar-refractivity contribution in [3.05, 3.63) is 65.2 Å². The van der Waals surface area contributed by atoms with Crippen molar-refractivity contribution in [1.82, 2.24) is 15.0 Å². The number of hydrogen-bond donors (Lipinski definition) is 0. The minimum absolute atomic E-state index is 0.0611. The van der Waals surface area contributed by atoms with Crippen molar-refractivity contribution in [3.8, 4) is 11.4 Å². The van der Waals surface area contributed by atoms with Crippen molar-refractivity contribution < 1.29 is 4.42 Å². The summed E-state index contributed by atoms with van der Waals surface area (Å²) in [5.41, 5.74) is 2.37. The first-order valence-electron chi connectivity index (χ1n) is 7.60. The van der Waals surface area contributed by atoms with E-state index in [0.29, 0.717) is 5.82 Å². The fraction of sp³-hybridized carbons (Fsp3) is 0. The van der Waals surface area contributed by atoms with Crippen molar-refractivity contribution >= 4 is 55.9 Å². The predicted octanol–water partition coefficient (Wildman–Crippen LogP) is 5.90. The van der Waals surface area contributed by atoms with Crippen LogP contribution in [0.25, 0.3) is 44.1 Å². The summed E-state index contributed by atoms with van der Waals surface area (Å²) < 4.78 is 6.05. The first-order valence-corrected chi connectivity index (χ1v) is 8.35. The van der Waals surface area contributed by atoms with Gasteiger partial charge in [-0.2, -0.15) is 15.0 Å². The first-order chi connectivity index (χ1) is 12.2. The summed E-state index contributed by atoms with van der Waals surface area (Å²) >= 11 is 11.7. The van der Waals surface area contributed by atoms with Gasteiger partial charge in [-0.1, -0.05) is 30.3 Å². The van der Waals surface area contributed by atoms with Gasteiger partial charge in [0.2, 0.25) is 10.6 Å². The Morgan fingerprint density at radius 3 is 2.12 bits per heavy atom. The Kier molecular flexibility index (Phi) is 3.17. The van der Waals surface area contributed by atoms with Gasteiger partial charge in [-0.05, 0) is 58.2 Å². The summed E-state index contributed by atoms with van der Waals surface area (Å²) in [4.78, 5) is 12.0. The third-order valence-corrected chi connectivity index (χ3v) is 4.52. The SMILES string of the molecule is Clc1nc(Cl)nc(-c2ccc3c(c2)oc2cc4ccccc4cc23)n1. The number of hydrogen-bond acceptors (Lipinski definition) is 4. The van der Waals surface area contributed by atoms with Crippen molar-refractivity contribution in [2.75, 3.05) is 0 Å². The van der Waals surface area contributed by atoms with E-state index in [9.17, 15) is 0 Å². The van der Waals surface area contributed by atoms with Gasteiger partial charge in [-0.25, -0.2) is 0 Å². The lowest BCUT2D eigenvalue weighted by Crippen LogP contribution is -1.93. The summed E-state index contributed by atoms with van der Waals surface area (Å²) in [6.45, 7) is 0.